The van der Waals surface area contributed by atoms with E-state index in [9.17, 15) is 5.11 Å². The van der Waals surface area contributed by atoms with Gasteiger partial charge in [-0.2, -0.15) is 0 Å². The predicted molar refractivity (Wildman–Crippen MR) is 200 cm³/mol. The zero-order valence-corrected chi connectivity index (χ0v) is 28.4. The fourth-order valence-corrected chi connectivity index (χ4v) is 6.33. The Bertz CT molecular complexity index is 2310. The van der Waals surface area contributed by atoms with E-state index in [0.717, 1.165) is 67.0 Å². The Morgan fingerprint density at radius 2 is 1.33 bits per heavy atom. The number of aromatic hydroxyl groups is 1. The van der Waals surface area contributed by atoms with Crippen molar-refractivity contribution in [3.05, 3.63) is 138 Å². The first-order chi connectivity index (χ1) is 23.0. The van der Waals surface area contributed by atoms with Gasteiger partial charge in [0.2, 0.25) is 0 Å². The summed E-state index contributed by atoms with van der Waals surface area (Å²) >= 11 is 0. The molecule has 7 rings (SSSR count). The van der Waals surface area contributed by atoms with Crippen LogP contribution in [-0.2, 0) is 10.8 Å². The van der Waals surface area contributed by atoms with Crippen molar-refractivity contribution in [2.45, 2.75) is 52.4 Å². The SMILES string of the molecule is CC(C)(C)c1cc(C=Nc2ccccc2-c2nc3c(-c4cccc5cccnc45)cccc3n2-c2ccccc2)c(O)c(C(C)(C)C)c1. The summed E-state index contributed by atoms with van der Waals surface area (Å²) in [6.45, 7) is 13.0. The Hall–Kier alpha value is -5.55. The maximum absolute atomic E-state index is 11.5. The standard InChI is InChI=1S/C43H40N4O/c1-42(2,3)30-25-29(40(48)35(26-30)43(4,5)6)27-45-36-22-11-10-19-34(36)41-46-39-33(32-20-12-15-28-16-14-24-44-38(28)32)21-13-23-37(39)47(41)31-17-8-7-9-18-31/h7-27,48H,1-6H3. The van der Waals surface area contributed by atoms with Crippen LogP contribution in [0.15, 0.2) is 126 Å². The summed E-state index contributed by atoms with van der Waals surface area (Å²) in [5.41, 5.74) is 9.98. The number of phenolic OH excluding ortho intramolecular Hbond substituents is 1. The van der Waals surface area contributed by atoms with Gasteiger partial charge in [0, 0.05) is 51.3 Å². The van der Waals surface area contributed by atoms with Gasteiger partial charge in [0.1, 0.15) is 11.6 Å². The van der Waals surface area contributed by atoms with Gasteiger partial charge in [-0.25, -0.2) is 4.98 Å². The van der Waals surface area contributed by atoms with E-state index in [2.05, 4.69) is 119 Å². The van der Waals surface area contributed by atoms with E-state index in [1.54, 1.807) is 6.21 Å². The summed E-state index contributed by atoms with van der Waals surface area (Å²) < 4.78 is 2.21. The minimum Gasteiger partial charge on any atom is -0.507 e. The number of benzene rings is 5. The van der Waals surface area contributed by atoms with Gasteiger partial charge in [-0.15, -0.1) is 0 Å². The monoisotopic (exact) mass is 628 g/mol. The molecule has 0 bridgehead atoms. The number of hydrogen-bond donors (Lipinski definition) is 1. The van der Waals surface area contributed by atoms with Gasteiger partial charge in [0.05, 0.1) is 22.2 Å². The van der Waals surface area contributed by atoms with Crippen LogP contribution >= 0.6 is 0 Å². The van der Waals surface area contributed by atoms with E-state index >= 15 is 0 Å². The van der Waals surface area contributed by atoms with Crippen molar-refractivity contribution in [2.24, 2.45) is 4.99 Å². The summed E-state index contributed by atoms with van der Waals surface area (Å²) in [5.74, 6) is 1.05. The largest absolute Gasteiger partial charge is 0.507 e. The van der Waals surface area contributed by atoms with Crippen LogP contribution in [0.3, 0.4) is 0 Å². The molecule has 0 saturated heterocycles. The van der Waals surface area contributed by atoms with E-state index in [1.165, 1.54) is 0 Å². The second kappa shape index (κ2) is 11.9. The summed E-state index contributed by atoms with van der Waals surface area (Å²) in [7, 11) is 0. The van der Waals surface area contributed by atoms with Crippen LogP contribution in [0.1, 0.15) is 58.2 Å². The molecule has 0 aliphatic rings. The average Bonchev–Trinajstić information content (AvgIpc) is 3.47. The lowest BCUT2D eigenvalue weighted by atomic mass is 9.79. The molecule has 0 saturated carbocycles. The zero-order chi connectivity index (χ0) is 33.6. The average molecular weight is 629 g/mol. The number of pyridine rings is 1. The highest BCUT2D eigenvalue weighted by atomic mass is 16.3. The zero-order valence-electron chi connectivity index (χ0n) is 28.4. The minimum atomic E-state index is -0.232. The predicted octanol–water partition coefficient (Wildman–Crippen LogP) is 11.0. The Morgan fingerprint density at radius 1 is 0.667 bits per heavy atom. The third-order valence-electron chi connectivity index (χ3n) is 8.92. The molecule has 7 aromatic rings. The molecule has 2 aromatic heterocycles. The van der Waals surface area contributed by atoms with Gasteiger partial charge in [-0.05, 0) is 58.9 Å². The number of fused-ring (bicyclic) bond motifs is 2. The Labute approximate surface area is 282 Å². The second-order valence-corrected chi connectivity index (χ2v) is 14.4. The Balaban J connectivity index is 1.44. The maximum atomic E-state index is 11.5. The van der Waals surface area contributed by atoms with Crippen LogP contribution in [0, 0.1) is 0 Å². The molecule has 0 aliphatic carbocycles. The number of nitrogens with zero attached hydrogens (tertiary/aromatic N) is 4. The molecule has 0 unspecified atom stereocenters. The van der Waals surface area contributed by atoms with Gasteiger partial charge in [0.15, 0.2) is 0 Å². The first-order valence-corrected chi connectivity index (χ1v) is 16.4. The molecule has 5 aromatic carbocycles. The van der Waals surface area contributed by atoms with Crippen molar-refractivity contribution in [1.82, 2.24) is 14.5 Å². The van der Waals surface area contributed by atoms with Crippen molar-refractivity contribution >= 4 is 33.8 Å². The summed E-state index contributed by atoms with van der Waals surface area (Å²) in [5, 5.41) is 12.6. The van der Waals surface area contributed by atoms with E-state index in [-0.39, 0.29) is 16.6 Å². The lowest BCUT2D eigenvalue weighted by molar-refractivity contribution is 0.444. The fourth-order valence-electron chi connectivity index (χ4n) is 6.33. The maximum Gasteiger partial charge on any atom is 0.147 e. The summed E-state index contributed by atoms with van der Waals surface area (Å²) in [6.07, 6.45) is 3.63. The van der Waals surface area contributed by atoms with Gasteiger partial charge in [0.25, 0.3) is 0 Å². The quantitative estimate of drug-likeness (QED) is 0.193. The molecule has 48 heavy (non-hydrogen) atoms. The third-order valence-corrected chi connectivity index (χ3v) is 8.92. The molecule has 5 heteroatoms. The highest BCUT2D eigenvalue weighted by Gasteiger charge is 2.25. The molecule has 0 spiro atoms. The molecule has 1 N–H and O–H groups in total. The molecule has 0 amide bonds. The van der Waals surface area contributed by atoms with E-state index in [1.807, 2.05) is 48.7 Å². The van der Waals surface area contributed by atoms with Crippen LogP contribution in [0.4, 0.5) is 5.69 Å². The number of rotatable bonds is 5. The van der Waals surface area contributed by atoms with Gasteiger partial charge in [-0.1, -0.05) is 114 Å². The van der Waals surface area contributed by atoms with Crippen molar-refractivity contribution in [1.29, 1.82) is 0 Å². The van der Waals surface area contributed by atoms with Crippen LogP contribution < -0.4 is 0 Å². The normalized spacial score (nSPS) is 12.4. The Kier molecular flexibility index (Phi) is 7.71. The van der Waals surface area contributed by atoms with Gasteiger partial charge in [-0.3, -0.25) is 14.5 Å². The summed E-state index contributed by atoms with van der Waals surface area (Å²) in [4.78, 5) is 15.2. The van der Waals surface area contributed by atoms with E-state index < -0.39 is 0 Å². The third kappa shape index (κ3) is 5.66. The van der Waals surface area contributed by atoms with Crippen molar-refractivity contribution in [2.75, 3.05) is 0 Å². The minimum absolute atomic E-state index is 0.0912. The molecule has 2 heterocycles. The topological polar surface area (TPSA) is 63.3 Å². The van der Waals surface area contributed by atoms with E-state index in [4.69, 9.17) is 15.0 Å². The molecule has 0 fully saturated rings. The van der Waals surface area contributed by atoms with Gasteiger partial charge >= 0.3 is 0 Å². The van der Waals surface area contributed by atoms with Crippen LogP contribution in [0.25, 0.3) is 50.1 Å². The van der Waals surface area contributed by atoms with E-state index in [0.29, 0.717) is 5.56 Å². The number of imidazole rings is 1. The van der Waals surface area contributed by atoms with Gasteiger partial charge < -0.3 is 5.11 Å². The van der Waals surface area contributed by atoms with Crippen LogP contribution in [0.5, 0.6) is 5.75 Å². The second-order valence-electron chi connectivity index (χ2n) is 14.4. The number of aromatic nitrogens is 3. The molecule has 0 atom stereocenters. The Morgan fingerprint density at radius 3 is 2.08 bits per heavy atom. The fraction of sp³-hybridized carbons (Fsp3) is 0.186. The lowest BCUT2D eigenvalue weighted by Crippen LogP contribution is -2.17. The van der Waals surface area contributed by atoms with Crippen molar-refractivity contribution < 1.29 is 5.11 Å². The number of phenols is 1. The molecule has 0 radical (unpaired) electrons. The highest BCUT2D eigenvalue weighted by molar-refractivity contribution is 6.03. The van der Waals surface area contributed by atoms with Crippen molar-refractivity contribution in [3.63, 3.8) is 0 Å². The first-order valence-electron chi connectivity index (χ1n) is 16.4. The highest BCUT2D eigenvalue weighted by Crippen LogP contribution is 2.40. The van der Waals surface area contributed by atoms with Crippen LogP contribution in [-0.4, -0.2) is 25.9 Å². The summed E-state index contributed by atoms with van der Waals surface area (Å²) in [6, 6.07) is 39.3. The molecule has 0 aliphatic heterocycles. The van der Waals surface area contributed by atoms with Crippen molar-refractivity contribution in [3.8, 4) is 34.0 Å². The number of para-hydroxylation sites is 4. The lowest BCUT2D eigenvalue weighted by Gasteiger charge is -2.27. The first kappa shape index (κ1) is 31.1. The molecular formula is C43H40N4O. The molecule has 5 nitrogen and oxygen atoms in total. The smallest absolute Gasteiger partial charge is 0.147 e. The number of hydrogen-bond acceptors (Lipinski definition) is 4. The molecule has 238 valence electrons. The molecular weight excluding hydrogens is 589 g/mol. The van der Waals surface area contributed by atoms with Crippen LogP contribution in [0.2, 0.25) is 0 Å². The number of aliphatic imine (C=N–C) groups is 1.